The highest BCUT2D eigenvalue weighted by molar-refractivity contribution is 8.23. The van der Waals surface area contributed by atoms with Crippen LogP contribution in [0.15, 0.2) is 23.1 Å². The Morgan fingerprint density at radius 2 is 2.29 bits per heavy atom. The number of ether oxygens (including phenoxy) is 1. The molecule has 5 heteroatoms. The Labute approximate surface area is 109 Å². The van der Waals surface area contributed by atoms with Crippen molar-refractivity contribution in [3.05, 3.63) is 29.8 Å². The maximum atomic E-state index is 13.4. The fraction of sp³-hybridized carbons (Fsp3) is 0.417. The van der Waals surface area contributed by atoms with Crippen molar-refractivity contribution in [1.82, 2.24) is 0 Å². The second-order valence-electron chi connectivity index (χ2n) is 3.89. The molecule has 1 aliphatic heterocycles. The van der Waals surface area contributed by atoms with Crippen LogP contribution in [0.25, 0.3) is 0 Å². The van der Waals surface area contributed by atoms with Crippen LogP contribution >= 0.6 is 24.0 Å². The second kappa shape index (κ2) is 5.89. The number of benzene rings is 1. The monoisotopic (exact) mass is 274 g/mol. The van der Waals surface area contributed by atoms with E-state index < -0.39 is 11.6 Å². The number of thioether (sulfide) groups is 1. The largest absolute Gasteiger partial charge is 0.378 e. The lowest BCUT2D eigenvalue weighted by atomic mass is 10.2. The Morgan fingerprint density at radius 3 is 2.94 bits per heavy atom. The quantitative estimate of drug-likeness (QED) is 0.610. The van der Waals surface area contributed by atoms with E-state index in [1.54, 1.807) is 0 Å². The topological polar surface area (TPSA) is 9.23 Å². The zero-order valence-corrected chi connectivity index (χ0v) is 10.8. The molecule has 1 fully saturated rings. The van der Waals surface area contributed by atoms with Crippen LogP contribution in [-0.2, 0) is 4.74 Å². The van der Waals surface area contributed by atoms with Gasteiger partial charge >= 0.3 is 0 Å². The van der Waals surface area contributed by atoms with Gasteiger partial charge in [-0.3, -0.25) is 0 Å². The fourth-order valence-electron chi connectivity index (χ4n) is 1.71. The molecule has 0 aromatic heterocycles. The van der Waals surface area contributed by atoms with E-state index in [9.17, 15) is 8.78 Å². The lowest BCUT2D eigenvalue weighted by Crippen LogP contribution is -2.08. The fourth-order valence-corrected chi connectivity index (χ4v) is 2.98. The van der Waals surface area contributed by atoms with Crippen molar-refractivity contribution in [2.45, 2.75) is 30.3 Å². The number of thiocarbonyl (C=S) groups is 1. The maximum absolute atomic E-state index is 13.4. The van der Waals surface area contributed by atoms with Gasteiger partial charge in [0.15, 0.2) is 0 Å². The molecule has 1 heterocycles. The van der Waals surface area contributed by atoms with E-state index in [-0.39, 0.29) is 6.10 Å². The predicted octanol–water partition coefficient (Wildman–Crippen LogP) is 3.95. The molecule has 17 heavy (non-hydrogen) atoms. The minimum absolute atomic E-state index is 0.165. The van der Waals surface area contributed by atoms with Gasteiger partial charge in [-0.15, -0.1) is 0 Å². The van der Waals surface area contributed by atoms with Gasteiger partial charge in [0.05, 0.1) is 10.3 Å². The van der Waals surface area contributed by atoms with Crippen LogP contribution < -0.4 is 0 Å². The summed E-state index contributed by atoms with van der Waals surface area (Å²) in [5.74, 6) is -1.14. The zero-order valence-electron chi connectivity index (χ0n) is 9.12. The molecule has 0 amide bonds. The van der Waals surface area contributed by atoms with E-state index >= 15 is 0 Å². The van der Waals surface area contributed by atoms with Crippen LogP contribution in [-0.4, -0.2) is 16.9 Å². The van der Waals surface area contributed by atoms with Crippen molar-refractivity contribution in [3.8, 4) is 0 Å². The van der Waals surface area contributed by atoms with Crippen molar-refractivity contribution in [2.75, 3.05) is 6.61 Å². The van der Waals surface area contributed by atoms with E-state index in [2.05, 4.69) is 0 Å². The smallest absolute Gasteiger partial charge is 0.140 e. The molecule has 92 valence electrons. The van der Waals surface area contributed by atoms with Gasteiger partial charge in [-0.1, -0.05) is 24.0 Å². The van der Waals surface area contributed by atoms with Crippen molar-refractivity contribution >= 4 is 28.2 Å². The lowest BCUT2D eigenvalue weighted by Gasteiger charge is -2.10. The van der Waals surface area contributed by atoms with Gasteiger partial charge < -0.3 is 4.74 Å². The summed E-state index contributed by atoms with van der Waals surface area (Å²) in [5, 5.41) is 0. The Hall–Kier alpha value is -0.520. The van der Waals surface area contributed by atoms with E-state index in [4.69, 9.17) is 17.0 Å². The molecular formula is C12H12F2OS2. The van der Waals surface area contributed by atoms with Gasteiger partial charge in [-0.25, -0.2) is 8.78 Å². The molecule has 1 aromatic rings. The molecule has 1 aromatic carbocycles. The van der Waals surface area contributed by atoms with E-state index in [0.29, 0.717) is 15.5 Å². The van der Waals surface area contributed by atoms with Gasteiger partial charge in [0.1, 0.15) is 11.6 Å². The molecule has 0 aliphatic carbocycles. The average Bonchev–Trinajstić information content (AvgIpc) is 2.75. The Kier molecular flexibility index (Phi) is 4.48. The van der Waals surface area contributed by atoms with Crippen LogP contribution in [0.1, 0.15) is 19.3 Å². The molecule has 1 unspecified atom stereocenters. The molecule has 2 rings (SSSR count). The molecule has 0 spiro atoms. The van der Waals surface area contributed by atoms with Gasteiger partial charge in [0.2, 0.25) is 0 Å². The first-order valence-corrected chi connectivity index (χ1v) is 6.65. The maximum Gasteiger partial charge on any atom is 0.140 e. The lowest BCUT2D eigenvalue weighted by molar-refractivity contribution is 0.117. The van der Waals surface area contributed by atoms with Gasteiger partial charge in [-0.2, -0.15) is 0 Å². The van der Waals surface area contributed by atoms with E-state index in [1.165, 1.54) is 23.9 Å². The van der Waals surface area contributed by atoms with Gasteiger partial charge in [0, 0.05) is 24.0 Å². The summed E-state index contributed by atoms with van der Waals surface area (Å²) >= 11 is 6.36. The first-order chi connectivity index (χ1) is 8.15. The Bertz CT molecular complexity index is 417. The highest BCUT2D eigenvalue weighted by Crippen LogP contribution is 2.27. The highest BCUT2D eigenvalue weighted by Gasteiger charge is 2.18. The third-order valence-corrected chi connectivity index (χ3v) is 3.90. The summed E-state index contributed by atoms with van der Waals surface area (Å²) in [6.07, 6.45) is 2.88. The number of halogens is 2. The average molecular weight is 274 g/mol. The van der Waals surface area contributed by atoms with Crippen LogP contribution in [0.2, 0.25) is 0 Å². The van der Waals surface area contributed by atoms with Gasteiger partial charge in [-0.05, 0) is 25.0 Å². The first kappa shape index (κ1) is 12.9. The predicted molar refractivity (Wildman–Crippen MR) is 68.4 cm³/mol. The number of rotatable bonds is 3. The molecule has 1 aliphatic rings. The number of hydrogen-bond acceptors (Lipinski definition) is 3. The molecule has 0 N–H and O–H groups in total. The Morgan fingerprint density at radius 1 is 1.47 bits per heavy atom. The van der Waals surface area contributed by atoms with Crippen molar-refractivity contribution < 1.29 is 13.5 Å². The normalized spacial score (nSPS) is 19.5. The molecule has 0 bridgehead atoms. The minimum Gasteiger partial charge on any atom is -0.378 e. The third kappa shape index (κ3) is 3.72. The first-order valence-electron chi connectivity index (χ1n) is 5.42. The van der Waals surface area contributed by atoms with Crippen molar-refractivity contribution in [3.63, 3.8) is 0 Å². The molecule has 0 radical (unpaired) electrons. The van der Waals surface area contributed by atoms with E-state index in [0.717, 1.165) is 25.5 Å². The molecule has 1 nitrogen and oxygen atoms in total. The molecule has 1 atom stereocenters. The van der Waals surface area contributed by atoms with Crippen LogP contribution in [0.3, 0.4) is 0 Å². The zero-order chi connectivity index (χ0) is 12.3. The second-order valence-corrected chi connectivity index (χ2v) is 5.78. The van der Waals surface area contributed by atoms with Crippen molar-refractivity contribution in [1.29, 1.82) is 0 Å². The van der Waals surface area contributed by atoms with Crippen LogP contribution in [0.5, 0.6) is 0 Å². The summed E-state index contributed by atoms with van der Waals surface area (Å²) in [5.41, 5.74) is 0. The standard InChI is InChI=1S/C12H12F2OS2/c13-8-3-4-11(10(14)6-8)17-12(16)7-9-2-1-5-15-9/h3-4,6,9H,1-2,5,7H2. The minimum atomic E-state index is -0.572. The molecular weight excluding hydrogens is 262 g/mol. The van der Waals surface area contributed by atoms with Gasteiger partial charge in [0.25, 0.3) is 0 Å². The summed E-state index contributed by atoms with van der Waals surface area (Å²) in [6.45, 7) is 0.781. The van der Waals surface area contributed by atoms with Crippen molar-refractivity contribution in [2.24, 2.45) is 0 Å². The summed E-state index contributed by atoms with van der Waals surface area (Å²) < 4.78 is 32.2. The van der Waals surface area contributed by atoms with Crippen LogP contribution in [0, 0.1) is 11.6 Å². The SMILES string of the molecule is Fc1ccc(SC(=S)CC2CCCO2)c(F)c1. The summed E-state index contributed by atoms with van der Waals surface area (Å²) in [4.78, 5) is 0.370. The molecule has 0 saturated carbocycles. The number of hydrogen-bond donors (Lipinski definition) is 0. The summed E-state index contributed by atoms with van der Waals surface area (Å²) in [6, 6.07) is 3.52. The third-order valence-electron chi connectivity index (χ3n) is 2.54. The Balaban J connectivity index is 1.93. The van der Waals surface area contributed by atoms with Crippen LogP contribution in [0.4, 0.5) is 8.78 Å². The highest BCUT2D eigenvalue weighted by atomic mass is 32.2. The van der Waals surface area contributed by atoms with E-state index in [1.807, 2.05) is 0 Å². The summed E-state index contributed by atoms with van der Waals surface area (Å²) in [7, 11) is 0. The molecule has 1 saturated heterocycles.